The van der Waals surface area contributed by atoms with E-state index in [1.54, 1.807) is 51.1 Å². The Morgan fingerprint density at radius 1 is 1.00 bits per heavy atom. The fourth-order valence-corrected chi connectivity index (χ4v) is 12.6. The van der Waals surface area contributed by atoms with Crippen LogP contribution in [0.15, 0.2) is 42.0 Å². The summed E-state index contributed by atoms with van der Waals surface area (Å²) in [6.07, 6.45) is 1.21. The molecule has 2 unspecified atom stereocenters. The standard InChI is InChI=1S/C30H33Br2N3O11S2/c1-14(12-16(36)44-6)17(15-10-8-7-9-11-15)21(37)33-18-22(38)34-19(28(2,3)47-23(18)34)24(39)45-13-46-25(40)20-29(4,5)48(42,43)27-30(31,32)26(41)35(20)27/h7-12,17-20,23,27H,13H2,1-6H3,(H,33,37)/b14-12+/t17?,18?,19-,20-,23+,27+/m0/s1. The molecule has 48 heavy (non-hydrogen) atoms. The Hall–Kier alpha value is -2.96. The van der Waals surface area contributed by atoms with Gasteiger partial charge in [-0.2, -0.15) is 0 Å². The van der Waals surface area contributed by atoms with Crippen LogP contribution in [-0.2, 0) is 52.8 Å². The number of benzene rings is 1. The summed E-state index contributed by atoms with van der Waals surface area (Å²) in [5.41, 5.74) is 0.994. The molecule has 4 saturated heterocycles. The van der Waals surface area contributed by atoms with Crippen LogP contribution < -0.4 is 5.32 Å². The second kappa shape index (κ2) is 12.4. The van der Waals surface area contributed by atoms with Crippen molar-refractivity contribution in [1.82, 2.24) is 15.1 Å². The van der Waals surface area contributed by atoms with Crippen molar-refractivity contribution in [1.29, 1.82) is 0 Å². The topological polar surface area (TPSA) is 183 Å². The molecule has 4 fully saturated rings. The Morgan fingerprint density at radius 2 is 1.58 bits per heavy atom. The Kier molecular flexibility index (Phi) is 9.40. The van der Waals surface area contributed by atoms with E-state index in [2.05, 4.69) is 37.2 Å². The van der Waals surface area contributed by atoms with Gasteiger partial charge in [-0.15, -0.1) is 11.8 Å². The van der Waals surface area contributed by atoms with Gasteiger partial charge < -0.3 is 29.3 Å². The first-order valence-corrected chi connectivity index (χ1v) is 18.6. The lowest BCUT2D eigenvalue weighted by atomic mass is 9.89. The van der Waals surface area contributed by atoms with Crippen LogP contribution in [-0.4, -0.2) is 109 Å². The van der Waals surface area contributed by atoms with Gasteiger partial charge in [-0.1, -0.05) is 62.2 Å². The lowest BCUT2D eigenvalue weighted by molar-refractivity contribution is -0.181. The maximum Gasteiger partial charge on any atom is 0.333 e. The number of halogens is 2. The predicted molar refractivity (Wildman–Crippen MR) is 178 cm³/mol. The smallest absolute Gasteiger partial charge is 0.333 e. The highest BCUT2D eigenvalue weighted by molar-refractivity contribution is 9.26. The zero-order valence-electron chi connectivity index (χ0n) is 26.6. The number of thioether (sulfide) groups is 1. The van der Waals surface area contributed by atoms with Gasteiger partial charge in [-0.05, 0) is 45.8 Å². The summed E-state index contributed by atoms with van der Waals surface area (Å²) in [5, 5.41) is 0.813. The molecule has 1 aromatic carbocycles. The zero-order valence-corrected chi connectivity index (χ0v) is 31.4. The number of rotatable bonds is 9. The molecule has 6 atom stereocenters. The van der Waals surface area contributed by atoms with E-state index in [0.29, 0.717) is 11.1 Å². The van der Waals surface area contributed by atoms with Gasteiger partial charge in [0.25, 0.3) is 5.91 Å². The van der Waals surface area contributed by atoms with Gasteiger partial charge in [-0.25, -0.2) is 22.8 Å². The molecule has 0 aliphatic carbocycles. The molecular formula is C30H33Br2N3O11S2. The zero-order chi connectivity index (χ0) is 35.7. The third-order valence-electron chi connectivity index (χ3n) is 9.03. The Morgan fingerprint density at radius 3 is 2.17 bits per heavy atom. The highest BCUT2D eigenvalue weighted by Gasteiger charge is 2.77. The van der Waals surface area contributed by atoms with E-state index in [0.717, 1.165) is 4.90 Å². The largest absolute Gasteiger partial charge is 0.466 e. The Balaban J connectivity index is 1.24. The van der Waals surface area contributed by atoms with Crippen LogP contribution in [0.4, 0.5) is 0 Å². The fraction of sp³-hybridized carbons (Fsp3) is 0.533. The lowest BCUT2D eigenvalue weighted by Crippen LogP contribution is -2.71. The molecule has 0 aromatic heterocycles. The minimum absolute atomic E-state index is 0.399. The van der Waals surface area contributed by atoms with Crippen LogP contribution >= 0.6 is 43.6 Å². The Bertz CT molecular complexity index is 1730. The van der Waals surface area contributed by atoms with E-state index >= 15 is 0 Å². The summed E-state index contributed by atoms with van der Waals surface area (Å²) in [6, 6.07) is 5.15. The van der Waals surface area contributed by atoms with E-state index in [1.807, 2.05) is 0 Å². The fourth-order valence-electron chi connectivity index (χ4n) is 6.53. The molecule has 0 saturated carbocycles. The summed E-state index contributed by atoms with van der Waals surface area (Å²) < 4.78 is 37.2. The van der Waals surface area contributed by atoms with Gasteiger partial charge in [0.2, 0.25) is 18.6 Å². The second-order valence-electron chi connectivity index (χ2n) is 12.8. The number of carbonyl (C=O) groups excluding carboxylic acids is 6. The molecule has 0 spiro atoms. The quantitative estimate of drug-likeness (QED) is 0.125. The second-order valence-corrected chi connectivity index (χ2v) is 20.7. The first-order chi connectivity index (χ1) is 22.2. The van der Waals surface area contributed by atoms with E-state index in [1.165, 1.54) is 43.7 Å². The predicted octanol–water partition coefficient (Wildman–Crippen LogP) is 1.71. The molecule has 18 heteroatoms. The number of amides is 3. The number of nitrogens with zero attached hydrogens (tertiary/aromatic N) is 2. The molecule has 4 aliphatic heterocycles. The summed E-state index contributed by atoms with van der Waals surface area (Å²) in [4.78, 5) is 80.2. The number of sulfone groups is 1. The van der Waals surface area contributed by atoms with E-state index in [4.69, 9.17) is 14.2 Å². The van der Waals surface area contributed by atoms with Crippen LogP contribution in [0.2, 0.25) is 0 Å². The van der Waals surface area contributed by atoms with Crippen molar-refractivity contribution in [3.8, 4) is 0 Å². The van der Waals surface area contributed by atoms with Crippen molar-refractivity contribution in [2.24, 2.45) is 0 Å². The highest BCUT2D eigenvalue weighted by Crippen LogP contribution is 2.57. The number of hydrogen-bond donors (Lipinski definition) is 1. The van der Waals surface area contributed by atoms with Crippen LogP contribution in [0.3, 0.4) is 0 Å². The molecule has 3 amide bonds. The number of carbonyl (C=O) groups is 6. The molecule has 1 N–H and O–H groups in total. The van der Waals surface area contributed by atoms with Crippen molar-refractivity contribution < 1.29 is 51.4 Å². The number of nitrogens with one attached hydrogen (secondary N) is 1. The normalized spacial score (nSPS) is 29.4. The third-order valence-corrected chi connectivity index (χ3v) is 15.6. The molecule has 4 heterocycles. The van der Waals surface area contributed by atoms with Crippen molar-refractivity contribution >= 4 is 89.1 Å². The molecule has 14 nitrogen and oxygen atoms in total. The number of fused-ring (bicyclic) bond motifs is 2. The number of ether oxygens (including phenoxy) is 3. The lowest BCUT2D eigenvalue weighted by Gasteiger charge is -2.45. The summed E-state index contributed by atoms with van der Waals surface area (Å²) in [6.45, 7) is 6.79. The number of β-lactam (4-membered cyclic amide) rings is 2. The summed E-state index contributed by atoms with van der Waals surface area (Å²) in [5.74, 6) is -5.21. The average molecular weight is 836 g/mol. The van der Waals surface area contributed by atoms with E-state index in [-0.39, 0.29) is 0 Å². The van der Waals surface area contributed by atoms with Gasteiger partial charge in [0.15, 0.2) is 18.4 Å². The Labute approximate surface area is 297 Å². The molecule has 4 aliphatic rings. The minimum atomic E-state index is -4.03. The van der Waals surface area contributed by atoms with Gasteiger partial charge in [0, 0.05) is 10.8 Å². The number of methoxy groups -OCH3 is 1. The molecule has 0 bridgehead atoms. The van der Waals surface area contributed by atoms with Crippen molar-refractivity contribution in [3.05, 3.63) is 47.5 Å². The third kappa shape index (κ3) is 5.55. The highest BCUT2D eigenvalue weighted by atomic mass is 79.9. The number of hydrogen-bond acceptors (Lipinski definition) is 12. The van der Waals surface area contributed by atoms with E-state index in [9.17, 15) is 37.2 Å². The van der Waals surface area contributed by atoms with Crippen LogP contribution in [0.5, 0.6) is 0 Å². The van der Waals surface area contributed by atoms with Crippen LogP contribution in [0, 0.1) is 0 Å². The van der Waals surface area contributed by atoms with Crippen LogP contribution in [0.1, 0.15) is 46.1 Å². The molecule has 0 radical (unpaired) electrons. The van der Waals surface area contributed by atoms with Gasteiger partial charge >= 0.3 is 17.9 Å². The maximum atomic E-state index is 13.6. The number of alkyl halides is 2. The van der Waals surface area contributed by atoms with Crippen molar-refractivity contribution in [3.63, 3.8) is 0 Å². The molecule has 260 valence electrons. The molecule has 1 aromatic rings. The average Bonchev–Trinajstić information content (AvgIpc) is 3.35. The van der Waals surface area contributed by atoms with Crippen molar-refractivity contribution in [2.45, 2.75) is 82.1 Å². The molecule has 5 rings (SSSR count). The monoisotopic (exact) mass is 833 g/mol. The van der Waals surface area contributed by atoms with Crippen LogP contribution in [0.25, 0.3) is 0 Å². The summed E-state index contributed by atoms with van der Waals surface area (Å²) >= 11 is 7.44. The van der Waals surface area contributed by atoms with E-state index < -0.39 is 99.8 Å². The minimum Gasteiger partial charge on any atom is -0.466 e. The van der Waals surface area contributed by atoms with Gasteiger partial charge in [0.05, 0.1) is 13.0 Å². The first-order valence-electron chi connectivity index (χ1n) is 14.6. The first kappa shape index (κ1) is 36.3. The maximum absolute atomic E-state index is 13.6. The van der Waals surface area contributed by atoms with Gasteiger partial charge in [0.1, 0.15) is 28.2 Å². The van der Waals surface area contributed by atoms with Gasteiger partial charge in [-0.3, -0.25) is 14.4 Å². The SMILES string of the molecule is COC(=O)/C=C(\C)C(C(=O)NC1C(=O)N2[C@@H]1SC(C)(C)[C@@H]2C(=O)OCOC(=O)[C@@H]1N2C(=O)C(Br)(Br)[C@H]2S(=O)(=O)C1(C)C)c1ccccc1. The van der Waals surface area contributed by atoms with Crippen molar-refractivity contribution in [2.75, 3.05) is 13.9 Å². The number of esters is 3. The molecular weight excluding hydrogens is 802 g/mol. The summed E-state index contributed by atoms with van der Waals surface area (Å²) in [7, 11) is -2.80.